The fraction of sp³-hybridized carbons (Fsp3) is 0.133. The van der Waals surface area contributed by atoms with Crippen molar-refractivity contribution >= 4 is 17.3 Å². The van der Waals surface area contributed by atoms with Crippen molar-refractivity contribution in [3.05, 3.63) is 47.5 Å². The zero-order valence-electron chi connectivity index (χ0n) is 10.7. The second-order valence-electron chi connectivity index (χ2n) is 4.77. The summed E-state index contributed by atoms with van der Waals surface area (Å²) in [7, 11) is 0. The van der Waals surface area contributed by atoms with Gasteiger partial charge in [-0.1, -0.05) is 6.07 Å². The molecule has 0 aromatic heterocycles. The van der Waals surface area contributed by atoms with Crippen LogP contribution in [0, 0.1) is 0 Å². The first kappa shape index (κ1) is 12.3. The summed E-state index contributed by atoms with van der Waals surface area (Å²) in [6, 6.07) is 9.76. The summed E-state index contributed by atoms with van der Waals surface area (Å²) in [5.41, 5.74) is 8.30. The maximum absolute atomic E-state index is 12.5. The Balaban J connectivity index is 2.00. The lowest BCUT2D eigenvalue weighted by molar-refractivity contribution is 0.0986. The van der Waals surface area contributed by atoms with Gasteiger partial charge in [-0.05, 0) is 42.3 Å². The molecule has 0 atom stereocenters. The van der Waals surface area contributed by atoms with E-state index in [0.717, 1.165) is 17.7 Å². The smallest absolute Gasteiger partial charge is 0.262 e. The summed E-state index contributed by atoms with van der Waals surface area (Å²) < 4.78 is 0. The third kappa shape index (κ3) is 1.84. The number of nitrogens with zero attached hydrogens (tertiary/aromatic N) is 1. The maximum Gasteiger partial charge on any atom is 0.262 e. The minimum absolute atomic E-state index is 0.0923. The molecule has 102 valence electrons. The molecule has 2 aromatic rings. The van der Waals surface area contributed by atoms with Crippen molar-refractivity contribution in [1.29, 1.82) is 0 Å². The molecule has 0 unspecified atom stereocenters. The number of nitrogens with two attached hydrogens (primary N) is 1. The van der Waals surface area contributed by atoms with Crippen molar-refractivity contribution < 1.29 is 15.0 Å². The van der Waals surface area contributed by atoms with E-state index in [2.05, 4.69) is 0 Å². The highest BCUT2D eigenvalue weighted by Crippen LogP contribution is 2.34. The lowest BCUT2D eigenvalue weighted by Crippen LogP contribution is -2.28. The minimum Gasteiger partial charge on any atom is -0.504 e. The van der Waals surface area contributed by atoms with Gasteiger partial charge in [-0.2, -0.15) is 0 Å². The van der Waals surface area contributed by atoms with E-state index in [9.17, 15) is 15.0 Å². The van der Waals surface area contributed by atoms with E-state index in [0.29, 0.717) is 12.2 Å². The van der Waals surface area contributed by atoms with Crippen LogP contribution in [0.3, 0.4) is 0 Å². The Morgan fingerprint density at radius 3 is 2.80 bits per heavy atom. The van der Waals surface area contributed by atoms with E-state index in [-0.39, 0.29) is 23.0 Å². The number of para-hydroxylation sites is 1. The Hall–Kier alpha value is -2.69. The number of hydrogen-bond donors (Lipinski definition) is 3. The van der Waals surface area contributed by atoms with Crippen molar-refractivity contribution in [3.63, 3.8) is 0 Å². The number of rotatable bonds is 1. The number of amides is 1. The Labute approximate surface area is 115 Å². The largest absolute Gasteiger partial charge is 0.504 e. The zero-order valence-corrected chi connectivity index (χ0v) is 10.7. The molecule has 1 heterocycles. The fourth-order valence-electron chi connectivity index (χ4n) is 2.48. The van der Waals surface area contributed by atoms with E-state index in [4.69, 9.17) is 5.73 Å². The first-order valence-electron chi connectivity index (χ1n) is 6.29. The monoisotopic (exact) mass is 270 g/mol. The van der Waals surface area contributed by atoms with Gasteiger partial charge in [0, 0.05) is 17.9 Å². The molecule has 3 rings (SSSR count). The first-order chi connectivity index (χ1) is 9.58. The van der Waals surface area contributed by atoms with Crippen LogP contribution in [-0.2, 0) is 6.42 Å². The van der Waals surface area contributed by atoms with Gasteiger partial charge in [0.25, 0.3) is 5.91 Å². The summed E-state index contributed by atoms with van der Waals surface area (Å²) in [4.78, 5) is 14.1. The number of nitrogen functional groups attached to an aromatic ring is 1. The van der Waals surface area contributed by atoms with Gasteiger partial charge < -0.3 is 20.8 Å². The number of carbonyl (C=O) groups excluding carboxylic acids is 1. The first-order valence-corrected chi connectivity index (χ1v) is 6.29. The van der Waals surface area contributed by atoms with Crippen molar-refractivity contribution in [2.24, 2.45) is 0 Å². The molecule has 0 saturated heterocycles. The van der Waals surface area contributed by atoms with Gasteiger partial charge in [-0.3, -0.25) is 4.79 Å². The molecule has 0 bridgehead atoms. The van der Waals surface area contributed by atoms with Crippen LogP contribution in [0.4, 0.5) is 11.4 Å². The lowest BCUT2D eigenvalue weighted by Gasteiger charge is -2.18. The van der Waals surface area contributed by atoms with Gasteiger partial charge in [-0.15, -0.1) is 0 Å². The fourth-order valence-corrected chi connectivity index (χ4v) is 2.48. The van der Waals surface area contributed by atoms with Crippen LogP contribution in [0.1, 0.15) is 15.9 Å². The summed E-state index contributed by atoms with van der Waals surface area (Å²) in [5.74, 6) is -1.02. The minimum atomic E-state index is -0.388. The Morgan fingerprint density at radius 1 is 1.20 bits per heavy atom. The van der Waals surface area contributed by atoms with Crippen LogP contribution >= 0.6 is 0 Å². The van der Waals surface area contributed by atoms with Gasteiger partial charge >= 0.3 is 0 Å². The lowest BCUT2D eigenvalue weighted by atomic mass is 10.1. The summed E-state index contributed by atoms with van der Waals surface area (Å²) in [6.07, 6.45) is 0.728. The van der Waals surface area contributed by atoms with E-state index in [1.807, 2.05) is 6.07 Å². The summed E-state index contributed by atoms with van der Waals surface area (Å²) in [6.45, 7) is 0.534. The van der Waals surface area contributed by atoms with Gasteiger partial charge in [-0.25, -0.2) is 0 Å². The summed E-state index contributed by atoms with van der Waals surface area (Å²) >= 11 is 0. The highest BCUT2D eigenvalue weighted by Gasteiger charge is 2.27. The SMILES string of the molecule is Nc1ccc2c(c1)CCN2C(=O)c1cccc(O)c1O. The van der Waals surface area contributed by atoms with Crippen LogP contribution < -0.4 is 10.6 Å². The quantitative estimate of drug-likeness (QED) is 0.545. The molecular weight excluding hydrogens is 256 g/mol. The average molecular weight is 270 g/mol. The molecule has 0 radical (unpaired) electrons. The summed E-state index contributed by atoms with van der Waals surface area (Å²) in [5, 5.41) is 19.3. The molecule has 20 heavy (non-hydrogen) atoms. The second kappa shape index (κ2) is 4.45. The molecule has 1 aliphatic rings. The third-order valence-electron chi connectivity index (χ3n) is 3.49. The normalized spacial score (nSPS) is 13.3. The molecular formula is C15H14N2O3. The number of phenolic OH excluding ortho intramolecular Hbond substituents is 2. The van der Waals surface area contributed by atoms with Crippen molar-refractivity contribution in [3.8, 4) is 11.5 Å². The average Bonchev–Trinajstić information content (AvgIpc) is 2.84. The number of aromatic hydroxyl groups is 2. The van der Waals surface area contributed by atoms with Crippen molar-refractivity contribution in [2.45, 2.75) is 6.42 Å². The number of fused-ring (bicyclic) bond motifs is 1. The van der Waals surface area contributed by atoms with Gasteiger partial charge in [0.05, 0.1) is 5.56 Å². The van der Waals surface area contributed by atoms with Gasteiger partial charge in [0.2, 0.25) is 0 Å². The number of benzene rings is 2. The van der Waals surface area contributed by atoms with Crippen LogP contribution in [0.25, 0.3) is 0 Å². The van der Waals surface area contributed by atoms with Gasteiger partial charge in [0.1, 0.15) is 0 Å². The second-order valence-corrected chi connectivity index (χ2v) is 4.77. The number of anilines is 2. The molecule has 0 aliphatic carbocycles. The van der Waals surface area contributed by atoms with E-state index < -0.39 is 0 Å². The zero-order chi connectivity index (χ0) is 14.3. The third-order valence-corrected chi connectivity index (χ3v) is 3.49. The predicted molar refractivity (Wildman–Crippen MR) is 76.0 cm³/mol. The molecule has 2 aromatic carbocycles. The van der Waals surface area contributed by atoms with Crippen LogP contribution in [0.15, 0.2) is 36.4 Å². The van der Waals surface area contributed by atoms with Crippen molar-refractivity contribution in [1.82, 2.24) is 0 Å². The molecule has 1 amide bonds. The molecule has 5 heteroatoms. The van der Waals surface area contributed by atoms with Crippen molar-refractivity contribution in [2.75, 3.05) is 17.2 Å². The highest BCUT2D eigenvalue weighted by atomic mass is 16.3. The van der Waals surface area contributed by atoms with E-state index in [1.165, 1.54) is 18.2 Å². The Morgan fingerprint density at radius 2 is 2.00 bits per heavy atom. The standard InChI is InChI=1S/C15H14N2O3/c16-10-4-5-12-9(8-10)6-7-17(12)15(20)11-2-1-3-13(18)14(11)19/h1-5,8,18-19H,6-7,16H2. The molecule has 5 nitrogen and oxygen atoms in total. The molecule has 0 fully saturated rings. The predicted octanol–water partition coefficient (Wildman–Crippen LogP) is 1.88. The van der Waals surface area contributed by atoms with Crippen LogP contribution in [-0.4, -0.2) is 22.7 Å². The van der Waals surface area contributed by atoms with Crippen LogP contribution in [0.5, 0.6) is 11.5 Å². The topological polar surface area (TPSA) is 86.8 Å². The Bertz CT molecular complexity index is 698. The molecule has 0 saturated carbocycles. The molecule has 0 spiro atoms. The van der Waals surface area contributed by atoms with E-state index >= 15 is 0 Å². The molecule has 1 aliphatic heterocycles. The molecule has 4 N–H and O–H groups in total. The van der Waals surface area contributed by atoms with Gasteiger partial charge in [0.15, 0.2) is 11.5 Å². The maximum atomic E-state index is 12.5. The number of phenols is 2. The Kier molecular flexibility index (Phi) is 2.75. The highest BCUT2D eigenvalue weighted by molar-refractivity contribution is 6.09. The number of hydrogen-bond acceptors (Lipinski definition) is 4. The van der Waals surface area contributed by atoms with E-state index in [1.54, 1.807) is 17.0 Å². The van der Waals surface area contributed by atoms with Crippen LogP contribution in [0.2, 0.25) is 0 Å². The number of carbonyl (C=O) groups is 1.